The van der Waals surface area contributed by atoms with Crippen LogP contribution in [0.15, 0.2) is 42.7 Å². The first-order valence-electron chi connectivity index (χ1n) is 8.90. The van der Waals surface area contributed by atoms with Crippen molar-refractivity contribution in [1.82, 2.24) is 20.0 Å². The van der Waals surface area contributed by atoms with Crippen LogP contribution >= 0.6 is 0 Å². The minimum atomic E-state index is -0.00638. The first kappa shape index (κ1) is 16.7. The molecule has 128 valence electrons. The van der Waals surface area contributed by atoms with Gasteiger partial charge in [0.05, 0.1) is 11.3 Å². The zero-order chi connectivity index (χ0) is 16.8. The Morgan fingerprint density at radius 2 is 2.04 bits per heavy atom. The smallest absolute Gasteiger partial charge is 0.253 e. The normalized spacial score (nSPS) is 16.2. The molecule has 24 heavy (non-hydrogen) atoms. The van der Waals surface area contributed by atoms with Crippen LogP contribution in [0.25, 0.3) is 5.69 Å². The maximum absolute atomic E-state index is 12.7. The molecule has 0 atom stereocenters. The topological polar surface area (TPSA) is 50.2 Å². The zero-order valence-electron chi connectivity index (χ0n) is 14.3. The van der Waals surface area contributed by atoms with Crippen molar-refractivity contribution in [3.8, 4) is 5.69 Å². The lowest BCUT2D eigenvalue weighted by Crippen LogP contribution is -2.45. The summed E-state index contributed by atoms with van der Waals surface area (Å²) in [4.78, 5) is 15.2. The van der Waals surface area contributed by atoms with Gasteiger partial charge in [0.25, 0.3) is 5.91 Å². The second kappa shape index (κ2) is 8.11. The van der Waals surface area contributed by atoms with Crippen molar-refractivity contribution in [3.05, 3.63) is 48.3 Å². The van der Waals surface area contributed by atoms with E-state index in [1.54, 1.807) is 10.9 Å². The van der Waals surface area contributed by atoms with Gasteiger partial charge in [0.1, 0.15) is 0 Å². The van der Waals surface area contributed by atoms with E-state index in [0.717, 1.165) is 31.6 Å². The van der Waals surface area contributed by atoms with Crippen molar-refractivity contribution in [3.63, 3.8) is 0 Å². The second-order valence-electron chi connectivity index (χ2n) is 6.41. The van der Waals surface area contributed by atoms with Gasteiger partial charge in [-0.25, -0.2) is 4.68 Å². The lowest BCUT2D eigenvalue weighted by Gasteiger charge is -2.32. The summed E-state index contributed by atoms with van der Waals surface area (Å²) in [6.45, 7) is 5.56. The maximum atomic E-state index is 12.7. The highest BCUT2D eigenvalue weighted by Gasteiger charge is 2.22. The van der Waals surface area contributed by atoms with Crippen LogP contribution in [0, 0.1) is 0 Å². The van der Waals surface area contributed by atoms with Gasteiger partial charge in [-0.2, -0.15) is 5.10 Å². The molecule has 1 saturated heterocycles. The second-order valence-corrected chi connectivity index (χ2v) is 6.41. The fraction of sp³-hybridized carbons (Fsp3) is 0.474. The predicted octanol–water partition coefficient (Wildman–Crippen LogP) is 2.87. The van der Waals surface area contributed by atoms with E-state index < -0.39 is 0 Å². The lowest BCUT2D eigenvalue weighted by molar-refractivity contribution is 0.0910. The van der Waals surface area contributed by atoms with Crippen LogP contribution < -0.4 is 5.32 Å². The number of carbonyl (C=O) groups is 1. The predicted molar refractivity (Wildman–Crippen MR) is 95.4 cm³/mol. The molecule has 1 aromatic carbocycles. The molecule has 0 unspecified atom stereocenters. The Morgan fingerprint density at radius 3 is 2.75 bits per heavy atom. The monoisotopic (exact) mass is 326 g/mol. The molecule has 2 heterocycles. The molecule has 5 nitrogen and oxygen atoms in total. The Balaban J connectivity index is 1.61. The van der Waals surface area contributed by atoms with Crippen LogP contribution in [0.4, 0.5) is 0 Å². The highest BCUT2D eigenvalue weighted by Crippen LogP contribution is 2.16. The van der Waals surface area contributed by atoms with Gasteiger partial charge in [-0.1, -0.05) is 25.5 Å². The lowest BCUT2D eigenvalue weighted by atomic mass is 10.0. The van der Waals surface area contributed by atoms with Gasteiger partial charge in [-0.05, 0) is 44.0 Å². The number of likely N-dealkylation sites (tertiary alicyclic amines) is 1. The molecule has 1 aliphatic rings. The average Bonchev–Trinajstić information content (AvgIpc) is 3.15. The summed E-state index contributed by atoms with van der Waals surface area (Å²) < 4.78 is 1.74. The largest absolute Gasteiger partial charge is 0.349 e. The molecular weight excluding hydrogens is 300 g/mol. The van der Waals surface area contributed by atoms with E-state index in [1.807, 2.05) is 36.5 Å². The van der Waals surface area contributed by atoms with E-state index in [-0.39, 0.29) is 11.9 Å². The molecule has 2 aromatic rings. The third-order valence-electron chi connectivity index (χ3n) is 4.65. The van der Waals surface area contributed by atoms with Crippen molar-refractivity contribution in [2.75, 3.05) is 19.6 Å². The summed E-state index contributed by atoms with van der Waals surface area (Å²) in [5.41, 5.74) is 1.50. The Hall–Kier alpha value is -2.14. The maximum Gasteiger partial charge on any atom is 0.253 e. The molecule has 0 spiro atoms. The molecule has 1 aromatic heterocycles. The van der Waals surface area contributed by atoms with Gasteiger partial charge in [0.2, 0.25) is 0 Å². The summed E-state index contributed by atoms with van der Waals surface area (Å²) in [6, 6.07) is 9.75. The molecule has 0 aliphatic carbocycles. The van der Waals surface area contributed by atoms with Gasteiger partial charge in [0, 0.05) is 31.5 Å². The summed E-state index contributed by atoms with van der Waals surface area (Å²) in [5, 5.41) is 7.45. The van der Waals surface area contributed by atoms with Crippen molar-refractivity contribution < 1.29 is 4.79 Å². The van der Waals surface area contributed by atoms with Crippen molar-refractivity contribution >= 4 is 5.91 Å². The van der Waals surface area contributed by atoms with Crippen LogP contribution in [0.2, 0.25) is 0 Å². The molecule has 1 amide bonds. The van der Waals surface area contributed by atoms with E-state index >= 15 is 0 Å². The number of nitrogens with zero attached hydrogens (tertiary/aromatic N) is 3. The van der Waals surface area contributed by atoms with Crippen LogP contribution in [0.5, 0.6) is 0 Å². The van der Waals surface area contributed by atoms with E-state index in [1.165, 1.54) is 19.4 Å². The average molecular weight is 326 g/mol. The first-order chi connectivity index (χ1) is 11.8. The zero-order valence-corrected chi connectivity index (χ0v) is 14.3. The highest BCUT2D eigenvalue weighted by molar-refractivity contribution is 5.97. The van der Waals surface area contributed by atoms with E-state index in [2.05, 4.69) is 22.2 Å². The van der Waals surface area contributed by atoms with Crippen molar-refractivity contribution in [2.24, 2.45) is 0 Å². The molecule has 1 fully saturated rings. The number of hydrogen-bond acceptors (Lipinski definition) is 3. The van der Waals surface area contributed by atoms with E-state index in [0.29, 0.717) is 5.56 Å². The number of amides is 1. The highest BCUT2D eigenvalue weighted by atomic mass is 16.1. The fourth-order valence-corrected chi connectivity index (χ4v) is 3.22. The summed E-state index contributed by atoms with van der Waals surface area (Å²) in [5.74, 6) is -0.00638. The van der Waals surface area contributed by atoms with Crippen LogP contribution in [-0.2, 0) is 0 Å². The van der Waals surface area contributed by atoms with Crippen LogP contribution in [0.1, 0.15) is 43.0 Å². The molecule has 5 heteroatoms. The number of benzene rings is 1. The third-order valence-corrected chi connectivity index (χ3v) is 4.65. The van der Waals surface area contributed by atoms with Crippen molar-refractivity contribution in [1.29, 1.82) is 0 Å². The van der Waals surface area contributed by atoms with E-state index in [4.69, 9.17) is 0 Å². The summed E-state index contributed by atoms with van der Waals surface area (Å²) in [7, 11) is 0. The van der Waals surface area contributed by atoms with Gasteiger partial charge in [0.15, 0.2) is 0 Å². The molecule has 0 saturated carbocycles. The summed E-state index contributed by atoms with van der Waals surface area (Å²) in [6.07, 6.45) is 8.13. The number of para-hydroxylation sites is 1. The van der Waals surface area contributed by atoms with Gasteiger partial charge < -0.3 is 10.2 Å². The minimum absolute atomic E-state index is 0.00638. The number of piperidine rings is 1. The molecule has 0 radical (unpaired) electrons. The van der Waals surface area contributed by atoms with Crippen LogP contribution in [-0.4, -0.2) is 46.3 Å². The van der Waals surface area contributed by atoms with Gasteiger partial charge in [-0.15, -0.1) is 0 Å². The summed E-state index contributed by atoms with van der Waals surface area (Å²) >= 11 is 0. The molecular formula is C19H26N4O. The fourth-order valence-electron chi connectivity index (χ4n) is 3.22. The molecule has 0 bridgehead atoms. The number of carbonyl (C=O) groups excluding carboxylic acids is 1. The van der Waals surface area contributed by atoms with Crippen molar-refractivity contribution in [2.45, 2.75) is 38.6 Å². The SMILES string of the molecule is CCCCN1CCC(NC(=O)c2ccccc2-n2cccn2)CC1. The Bertz CT molecular complexity index is 645. The Morgan fingerprint density at radius 1 is 1.25 bits per heavy atom. The molecule has 1 N–H and O–H groups in total. The standard InChI is InChI=1S/C19H26N4O/c1-2-3-12-22-14-9-16(10-15-22)21-19(24)17-7-4-5-8-18(17)23-13-6-11-20-23/h4-8,11,13,16H,2-3,9-10,12,14-15H2,1H3,(H,21,24). The van der Waals surface area contributed by atoms with E-state index in [9.17, 15) is 4.79 Å². The number of hydrogen-bond donors (Lipinski definition) is 1. The minimum Gasteiger partial charge on any atom is -0.349 e. The Kier molecular flexibility index (Phi) is 5.64. The molecule has 3 rings (SSSR count). The van der Waals surface area contributed by atoms with Crippen LogP contribution in [0.3, 0.4) is 0 Å². The third kappa shape index (κ3) is 4.03. The Labute approximate surface area is 143 Å². The quantitative estimate of drug-likeness (QED) is 0.888. The first-order valence-corrected chi connectivity index (χ1v) is 8.90. The number of aromatic nitrogens is 2. The van der Waals surface area contributed by atoms with Gasteiger partial charge >= 0.3 is 0 Å². The van der Waals surface area contributed by atoms with Gasteiger partial charge in [-0.3, -0.25) is 4.79 Å². The molecule has 1 aliphatic heterocycles. The number of unbranched alkanes of at least 4 members (excludes halogenated alkanes) is 1. The number of rotatable bonds is 6. The number of nitrogens with one attached hydrogen (secondary N) is 1.